The third-order valence-electron chi connectivity index (χ3n) is 3.72. The van der Waals surface area contributed by atoms with Gasteiger partial charge in [0.05, 0.1) is 10.3 Å². The molecule has 1 N–H and O–H groups in total. The van der Waals surface area contributed by atoms with E-state index in [0.717, 1.165) is 10.4 Å². The quantitative estimate of drug-likeness (QED) is 0.920. The van der Waals surface area contributed by atoms with Crippen LogP contribution in [-0.2, 0) is 14.8 Å². The van der Waals surface area contributed by atoms with Crippen LogP contribution >= 0.6 is 0 Å². The van der Waals surface area contributed by atoms with Gasteiger partial charge in [-0.25, -0.2) is 12.8 Å². The van der Waals surface area contributed by atoms with Gasteiger partial charge in [-0.3, -0.25) is 4.79 Å². The van der Waals surface area contributed by atoms with Gasteiger partial charge in [0.2, 0.25) is 10.0 Å². The van der Waals surface area contributed by atoms with Crippen molar-refractivity contribution in [3.8, 4) is 0 Å². The van der Waals surface area contributed by atoms with Crippen LogP contribution in [0.25, 0.3) is 0 Å². The Balaban J connectivity index is 2.33. The van der Waals surface area contributed by atoms with Crippen LogP contribution in [0.2, 0.25) is 0 Å². The third kappa shape index (κ3) is 2.43. The molecule has 1 aromatic carbocycles. The van der Waals surface area contributed by atoms with Crippen molar-refractivity contribution < 1.29 is 22.7 Å². The molecule has 7 heteroatoms. The molecule has 0 aromatic heterocycles. The summed E-state index contributed by atoms with van der Waals surface area (Å²) in [5.41, 5.74) is -0.825. The number of carbonyl (C=O) groups is 1. The lowest BCUT2D eigenvalue weighted by atomic mass is 9.90. The number of aryl methyl sites for hydroxylation is 1. The zero-order valence-corrected chi connectivity index (χ0v) is 12.1. The van der Waals surface area contributed by atoms with Gasteiger partial charge in [-0.15, -0.1) is 0 Å². The smallest absolute Gasteiger partial charge is 0.310 e. The Kier molecular flexibility index (Phi) is 3.60. The van der Waals surface area contributed by atoms with Gasteiger partial charge in [0.25, 0.3) is 0 Å². The number of carboxylic acid groups (broad SMARTS) is 1. The first-order chi connectivity index (χ1) is 9.17. The van der Waals surface area contributed by atoms with Gasteiger partial charge in [0.1, 0.15) is 5.82 Å². The second kappa shape index (κ2) is 4.82. The van der Waals surface area contributed by atoms with Crippen LogP contribution in [0, 0.1) is 18.2 Å². The number of aliphatic carboxylic acids is 1. The lowest BCUT2D eigenvalue weighted by Gasteiger charge is -2.20. The molecular weight excluding hydrogens is 285 g/mol. The minimum Gasteiger partial charge on any atom is -0.481 e. The molecule has 0 aliphatic carbocycles. The van der Waals surface area contributed by atoms with Gasteiger partial charge >= 0.3 is 5.97 Å². The lowest BCUT2D eigenvalue weighted by molar-refractivity contribution is -0.146. The number of carboxylic acids is 1. The van der Waals surface area contributed by atoms with Crippen LogP contribution < -0.4 is 0 Å². The fourth-order valence-corrected chi connectivity index (χ4v) is 3.88. The number of hydrogen-bond acceptors (Lipinski definition) is 3. The largest absolute Gasteiger partial charge is 0.481 e. The van der Waals surface area contributed by atoms with Crippen molar-refractivity contribution in [3.05, 3.63) is 29.6 Å². The molecule has 1 fully saturated rings. The standard InChI is InChI=1S/C13H16FNO4S/c1-9-7-10(3-4-11(9)14)20(18,19)15-6-5-13(2,8-15)12(16)17/h3-4,7H,5-6,8H2,1-2H3,(H,16,17)/t13-/m1/s1. The minimum absolute atomic E-state index is 0.00830. The Bertz CT molecular complexity index is 658. The highest BCUT2D eigenvalue weighted by molar-refractivity contribution is 7.89. The van der Waals surface area contributed by atoms with Gasteiger partial charge in [0, 0.05) is 13.1 Å². The highest BCUT2D eigenvalue weighted by Crippen LogP contribution is 2.33. The van der Waals surface area contributed by atoms with Crippen LogP contribution in [0.4, 0.5) is 4.39 Å². The second-order valence-electron chi connectivity index (χ2n) is 5.37. The predicted octanol–water partition coefficient (Wildman–Crippen LogP) is 1.62. The molecule has 20 heavy (non-hydrogen) atoms. The summed E-state index contributed by atoms with van der Waals surface area (Å²) in [7, 11) is -3.78. The summed E-state index contributed by atoms with van der Waals surface area (Å²) in [4.78, 5) is 11.2. The molecule has 0 amide bonds. The molecule has 0 saturated carbocycles. The van der Waals surface area contributed by atoms with Crippen LogP contribution in [0.3, 0.4) is 0 Å². The van der Waals surface area contributed by atoms with Crippen molar-refractivity contribution >= 4 is 16.0 Å². The molecule has 1 aliphatic heterocycles. The van der Waals surface area contributed by atoms with E-state index in [2.05, 4.69) is 0 Å². The van der Waals surface area contributed by atoms with Gasteiger partial charge in [-0.1, -0.05) is 0 Å². The maximum Gasteiger partial charge on any atom is 0.310 e. The number of benzene rings is 1. The van der Waals surface area contributed by atoms with Crippen molar-refractivity contribution in [2.45, 2.75) is 25.2 Å². The number of nitrogens with zero attached hydrogens (tertiary/aromatic N) is 1. The Labute approximate surface area is 117 Å². The van der Waals surface area contributed by atoms with E-state index in [1.807, 2.05) is 0 Å². The summed E-state index contributed by atoms with van der Waals surface area (Å²) in [6.07, 6.45) is 0.266. The average Bonchev–Trinajstić information content (AvgIpc) is 2.77. The lowest BCUT2D eigenvalue weighted by Crippen LogP contribution is -2.34. The molecule has 0 radical (unpaired) electrons. The zero-order valence-electron chi connectivity index (χ0n) is 11.3. The Hall–Kier alpha value is -1.47. The summed E-state index contributed by atoms with van der Waals surface area (Å²) in [6, 6.07) is 3.57. The summed E-state index contributed by atoms with van der Waals surface area (Å²) < 4.78 is 39.2. The molecule has 0 unspecified atom stereocenters. The van der Waals surface area contributed by atoms with Crippen molar-refractivity contribution in [2.24, 2.45) is 5.41 Å². The molecule has 1 aromatic rings. The first-order valence-corrected chi connectivity index (χ1v) is 7.60. The van der Waals surface area contributed by atoms with Crippen molar-refractivity contribution in [3.63, 3.8) is 0 Å². The highest BCUT2D eigenvalue weighted by Gasteiger charge is 2.44. The minimum atomic E-state index is -3.78. The maximum atomic E-state index is 13.2. The predicted molar refractivity (Wildman–Crippen MR) is 70.3 cm³/mol. The molecule has 5 nitrogen and oxygen atoms in total. The fourth-order valence-electron chi connectivity index (χ4n) is 2.23. The van der Waals surface area contributed by atoms with E-state index in [0.29, 0.717) is 0 Å². The van der Waals surface area contributed by atoms with Crippen molar-refractivity contribution in [1.29, 1.82) is 0 Å². The molecule has 1 aliphatic rings. The number of hydrogen-bond donors (Lipinski definition) is 1. The normalized spacial score (nSPS) is 23.9. The monoisotopic (exact) mass is 301 g/mol. The molecule has 110 valence electrons. The van der Waals surface area contributed by atoms with Gasteiger partial charge in [-0.2, -0.15) is 4.31 Å². The van der Waals surface area contributed by atoms with Crippen LogP contribution in [0.15, 0.2) is 23.1 Å². The summed E-state index contributed by atoms with van der Waals surface area (Å²) in [5, 5.41) is 9.14. The number of rotatable bonds is 3. The van der Waals surface area contributed by atoms with Crippen LogP contribution in [0.1, 0.15) is 18.9 Å². The fraction of sp³-hybridized carbons (Fsp3) is 0.462. The molecule has 1 heterocycles. The Morgan fingerprint density at radius 1 is 1.45 bits per heavy atom. The number of sulfonamides is 1. The molecule has 0 spiro atoms. The van der Waals surface area contributed by atoms with E-state index in [-0.39, 0.29) is 30.0 Å². The summed E-state index contributed by atoms with van der Waals surface area (Å²) in [5.74, 6) is -1.48. The zero-order chi connectivity index (χ0) is 15.1. The van der Waals surface area contributed by atoms with Crippen LogP contribution in [-0.4, -0.2) is 36.9 Å². The first-order valence-electron chi connectivity index (χ1n) is 6.16. The van der Waals surface area contributed by atoms with E-state index in [1.54, 1.807) is 0 Å². The summed E-state index contributed by atoms with van der Waals surface area (Å²) >= 11 is 0. The topological polar surface area (TPSA) is 74.7 Å². The molecular formula is C13H16FNO4S. The van der Waals surface area contributed by atoms with Crippen molar-refractivity contribution in [1.82, 2.24) is 4.31 Å². The maximum absolute atomic E-state index is 13.2. The van der Waals surface area contributed by atoms with E-state index >= 15 is 0 Å². The molecule has 2 rings (SSSR count). The average molecular weight is 301 g/mol. The molecule has 0 bridgehead atoms. The third-order valence-corrected chi connectivity index (χ3v) is 5.56. The van der Waals surface area contributed by atoms with E-state index in [9.17, 15) is 17.6 Å². The first kappa shape index (κ1) is 14.9. The second-order valence-corrected chi connectivity index (χ2v) is 7.30. The molecule has 1 saturated heterocycles. The van der Waals surface area contributed by atoms with Gasteiger partial charge in [-0.05, 0) is 44.0 Å². The van der Waals surface area contributed by atoms with E-state index in [4.69, 9.17) is 5.11 Å². The van der Waals surface area contributed by atoms with Crippen LogP contribution in [0.5, 0.6) is 0 Å². The van der Waals surface area contributed by atoms with E-state index in [1.165, 1.54) is 26.0 Å². The van der Waals surface area contributed by atoms with E-state index < -0.39 is 27.2 Å². The van der Waals surface area contributed by atoms with Gasteiger partial charge < -0.3 is 5.11 Å². The summed E-state index contributed by atoms with van der Waals surface area (Å²) in [6.45, 7) is 3.10. The number of halogens is 1. The highest BCUT2D eigenvalue weighted by atomic mass is 32.2. The SMILES string of the molecule is Cc1cc(S(=O)(=O)N2CC[C@@](C)(C(=O)O)C2)ccc1F. The molecule has 1 atom stereocenters. The Morgan fingerprint density at radius 3 is 2.60 bits per heavy atom. The van der Waals surface area contributed by atoms with Crippen molar-refractivity contribution in [2.75, 3.05) is 13.1 Å². The Morgan fingerprint density at radius 2 is 2.10 bits per heavy atom. The van der Waals surface area contributed by atoms with Gasteiger partial charge in [0.15, 0.2) is 0 Å².